The molecule has 0 saturated carbocycles. The van der Waals surface area contributed by atoms with Crippen LogP contribution in [0.2, 0.25) is 0 Å². The van der Waals surface area contributed by atoms with E-state index >= 15 is 0 Å². The van der Waals surface area contributed by atoms with Crippen LogP contribution in [0, 0.1) is 0 Å². The molecule has 1 aliphatic rings. The molecule has 126 valence electrons. The Morgan fingerprint density at radius 1 is 1.04 bits per heavy atom. The lowest BCUT2D eigenvalue weighted by atomic mass is 10.0. The largest absolute Gasteiger partial charge is 0.452 e. The third kappa shape index (κ3) is 3.22. The van der Waals surface area contributed by atoms with Crippen molar-refractivity contribution in [3.63, 3.8) is 0 Å². The van der Waals surface area contributed by atoms with E-state index in [0.717, 1.165) is 5.90 Å². The minimum absolute atomic E-state index is 0.0206. The molecular weight excluding hydrogens is 334 g/mol. The van der Waals surface area contributed by atoms with Crippen molar-refractivity contribution in [2.75, 3.05) is 7.11 Å². The number of rotatable bonds is 3. The fraction of sp³-hybridized carbons (Fsp3) is 0.350. The van der Waals surface area contributed by atoms with Gasteiger partial charge in [-0.3, -0.25) is 0 Å². The molecule has 0 spiro atoms. The first-order valence-electron chi connectivity index (χ1n) is 8.19. The Kier molecular flexibility index (Phi) is 4.97. The van der Waals surface area contributed by atoms with Gasteiger partial charge < -0.3 is 4.74 Å². The molecule has 1 heterocycles. The summed E-state index contributed by atoms with van der Waals surface area (Å²) in [5, 5.41) is 0.422. The van der Waals surface area contributed by atoms with Gasteiger partial charge in [-0.05, 0) is 31.2 Å². The van der Waals surface area contributed by atoms with E-state index in [1.807, 2.05) is 18.7 Å². The second-order valence-electron chi connectivity index (χ2n) is 6.58. The molecule has 4 heteroatoms. The van der Waals surface area contributed by atoms with Gasteiger partial charge in [-0.15, -0.1) is 0 Å². The van der Waals surface area contributed by atoms with Crippen molar-refractivity contribution in [3.05, 3.63) is 48.5 Å². The van der Waals surface area contributed by atoms with Crippen LogP contribution in [0.3, 0.4) is 0 Å². The lowest BCUT2D eigenvalue weighted by molar-refractivity contribution is -0.551. The molecule has 0 bridgehead atoms. The maximum Gasteiger partial charge on any atom is 0.331 e. The van der Waals surface area contributed by atoms with E-state index in [-0.39, 0.29) is 16.4 Å². The van der Waals surface area contributed by atoms with Crippen LogP contribution in [0.15, 0.2) is 68.1 Å². The summed E-state index contributed by atoms with van der Waals surface area (Å²) in [5.41, 5.74) is -0.0779. The summed E-state index contributed by atoms with van der Waals surface area (Å²) in [7, 11) is 1.74. The van der Waals surface area contributed by atoms with Crippen molar-refractivity contribution < 1.29 is 9.73 Å². The van der Waals surface area contributed by atoms with Gasteiger partial charge >= 0.3 is 5.90 Å². The van der Waals surface area contributed by atoms with Gasteiger partial charge in [-0.1, -0.05) is 36.0 Å². The molecule has 1 N–H and O–H groups in total. The molecule has 0 aromatic heterocycles. The van der Waals surface area contributed by atoms with Crippen LogP contribution in [-0.4, -0.2) is 23.8 Å². The maximum atomic E-state index is 5.37. The lowest BCUT2D eigenvalue weighted by Crippen LogP contribution is -2.89. The topological polar surface area (TPSA) is 23.2 Å². The zero-order valence-corrected chi connectivity index (χ0v) is 16.6. The Morgan fingerprint density at radius 3 is 2.04 bits per heavy atom. The summed E-state index contributed by atoms with van der Waals surface area (Å²) in [6.07, 6.45) is 0. The van der Waals surface area contributed by atoms with Crippen molar-refractivity contribution in [1.29, 1.82) is 0 Å². The molecule has 2 nitrogen and oxygen atoms in total. The molecule has 1 aliphatic heterocycles. The zero-order valence-electron chi connectivity index (χ0n) is 14.9. The van der Waals surface area contributed by atoms with Gasteiger partial charge in [0.05, 0.1) is 34.7 Å². The van der Waals surface area contributed by atoms with E-state index in [1.54, 1.807) is 7.11 Å². The predicted octanol–water partition coefficient (Wildman–Crippen LogP) is 3.50. The fourth-order valence-corrected chi connectivity index (χ4v) is 7.27. The SMILES string of the molecule is COC(C)=[NH+]C(C)(C)[C@H](C)[S+]1c2ccccc2Sc2ccccc21. The van der Waals surface area contributed by atoms with Gasteiger partial charge in [0.15, 0.2) is 15.0 Å². The average molecular weight is 360 g/mol. The van der Waals surface area contributed by atoms with Gasteiger partial charge in [0, 0.05) is 13.8 Å². The number of methoxy groups -OCH3 is 1. The second-order valence-corrected chi connectivity index (χ2v) is 9.93. The van der Waals surface area contributed by atoms with Crippen molar-refractivity contribution in [2.45, 2.75) is 58.1 Å². The number of hydrogen-bond donors (Lipinski definition) is 1. The van der Waals surface area contributed by atoms with E-state index in [0.29, 0.717) is 5.25 Å². The first-order valence-corrected chi connectivity index (χ1v) is 10.3. The number of ether oxygens (including phenoxy) is 1. The Labute approximate surface area is 152 Å². The maximum absolute atomic E-state index is 5.37. The summed E-state index contributed by atoms with van der Waals surface area (Å²) in [5.74, 6) is 0.864. The van der Waals surface area contributed by atoms with Gasteiger partial charge in [-0.25, -0.2) is 4.99 Å². The first kappa shape index (κ1) is 17.4. The summed E-state index contributed by atoms with van der Waals surface area (Å²) in [4.78, 5) is 9.24. The molecule has 0 amide bonds. The second kappa shape index (κ2) is 6.85. The highest BCUT2D eigenvalue weighted by Gasteiger charge is 2.50. The van der Waals surface area contributed by atoms with E-state index in [2.05, 4.69) is 74.3 Å². The molecule has 3 rings (SSSR count). The zero-order chi connectivity index (χ0) is 17.3. The van der Waals surface area contributed by atoms with Crippen LogP contribution in [0.5, 0.6) is 0 Å². The van der Waals surface area contributed by atoms with Crippen molar-refractivity contribution in [2.24, 2.45) is 0 Å². The third-order valence-corrected chi connectivity index (χ3v) is 8.93. The number of benzene rings is 2. The van der Waals surface area contributed by atoms with Gasteiger partial charge in [-0.2, -0.15) is 0 Å². The van der Waals surface area contributed by atoms with E-state index < -0.39 is 0 Å². The van der Waals surface area contributed by atoms with Crippen molar-refractivity contribution in [1.82, 2.24) is 0 Å². The summed E-state index contributed by atoms with van der Waals surface area (Å²) in [6, 6.07) is 17.7. The van der Waals surface area contributed by atoms with Gasteiger partial charge in [0.2, 0.25) is 5.54 Å². The highest BCUT2D eigenvalue weighted by atomic mass is 32.2. The van der Waals surface area contributed by atoms with Crippen LogP contribution in [0.1, 0.15) is 27.7 Å². The normalized spacial score (nSPS) is 16.3. The van der Waals surface area contributed by atoms with Gasteiger partial charge in [0.25, 0.3) is 0 Å². The highest BCUT2D eigenvalue weighted by Crippen LogP contribution is 2.47. The molecule has 0 fully saturated rings. The lowest BCUT2D eigenvalue weighted by Gasteiger charge is -2.27. The predicted molar refractivity (Wildman–Crippen MR) is 103 cm³/mol. The number of fused-ring (bicyclic) bond motifs is 2. The molecule has 24 heavy (non-hydrogen) atoms. The molecule has 0 aliphatic carbocycles. The molecule has 0 radical (unpaired) electrons. The molecular formula is C20H25NOS2+2. The van der Waals surface area contributed by atoms with Crippen LogP contribution in [0.4, 0.5) is 0 Å². The first-order chi connectivity index (χ1) is 11.4. The summed E-state index contributed by atoms with van der Waals surface area (Å²) >= 11 is 1.89. The van der Waals surface area contributed by atoms with E-state index in [4.69, 9.17) is 4.74 Å². The molecule has 2 aromatic carbocycles. The minimum atomic E-state index is -0.0779. The number of nitrogens with one attached hydrogen (secondary N) is 1. The van der Waals surface area contributed by atoms with Crippen LogP contribution < -0.4 is 4.99 Å². The quantitative estimate of drug-likeness (QED) is 0.515. The summed E-state index contributed by atoms with van der Waals surface area (Å²) in [6.45, 7) is 8.86. The average Bonchev–Trinajstić information content (AvgIpc) is 2.58. The molecule has 0 saturated heterocycles. The molecule has 0 unspecified atom stereocenters. The van der Waals surface area contributed by atoms with E-state index in [1.165, 1.54) is 19.6 Å². The minimum Gasteiger partial charge on any atom is -0.452 e. The third-order valence-electron chi connectivity index (χ3n) is 4.57. The van der Waals surface area contributed by atoms with Crippen molar-refractivity contribution >= 4 is 28.6 Å². The van der Waals surface area contributed by atoms with Crippen LogP contribution in [-0.2, 0) is 15.6 Å². The number of hydrogen-bond acceptors (Lipinski definition) is 2. The monoisotopic (exact) mass is 359 g/mol. The Morgan fingerprint density at radius 2 is 1.54 bits per heavy atom. The Bertz CT molecular complexity index is 724. The molecule has 1 atom stereocenters. The fourth-order valence-electron chi connectivity index (χ4n) is 2.95. The highest BCUT2D eigenvalue weighted by molar-refractivity contribution is 8.04. The summed E-state index contributed by atoms with van der Waals surface area (Å²) < 4.78 is 5.37. The smallest absolute Gasteiger partial charge is 0.331 e. The Balaban J connectivity index is 2.10. The van der Waals surface area contributed by atoms with Crippen LogP contribution >= 0.6 is 11.8 Å². The Hall–Kier alpha value is -1.39. The van der Waals surface area contributed by atoms with Crippen LogP contribution in [0.25, 0.3) is 0 Å². The van der Waals surface area contributed by atoms with Crippen molar-refractivity contribution in [3.8, 4) is 0 Å². The molecule has 2 aromatic rings. The van der Waals surface area contributed by atoms with Gasteiger partial charge in [0.1, 0.15) is 0 Å². The van der Waals surface area contributed by atoms with E-state index in [9.17, 15) is 0 Å². The standard InChI is InChI=1S/C20H24NOS2/c1-14(20(3,4)21-15(2)22-5)24-18-12-8-6-10-16(18)23-17-11-7-9-13-19(17)24/h6-14H,1-5H3/q+1/p+1/t14-/m0/s1.